The minimum atomic E-state index is -1.05. The highest BCUT2D eigenvalue weighted by molar-refractivity contribution is 6.31. The minimum Gasteiger partial charge on any atom is -0.356 e. The molecule has 1 fully saturated rings. The van der Waals surface area contributed by atoms with Crippen LogP contribution in [0, 0.1) is 0 Å². The second kappa shape index (κ2) is 7.41. The second-order valence-corrected chi connectivity index (χ2v) is 9.10. The van der Waals surface area contributed by atoms with Gasteiger partial charge in [0.2, 0.25) is 5.91 Å². The first-order valence-electron chi connectivity index (χ1n) is 10.9. The van der Waals surface area contributed by atoms with E-state index in [-0.39, 0.29) is 24.3 Å². The Balaban J connectivity index is 1.74. The number of halogens is 1. The molecule has 31 heavy (non-hydrogen) atoms. The summed E-state index contributed by atoms with van der Waals surface area (Å²) < 4.78 is 0. The summed E-state index contributed by atoms with van der Waals surface area (Å²) in [4.78, 5) is 34.1. The number of hydrogen-bond acceptors (Lipinski definition) is 2. The molecule has 160 valence electrons. The number of nitrogens with zero attached hydrogens (tertiary/aromatic N) is 2. The number of aromatic amines is 1. The van der Waals surface area contributed by atoms with Crippen molar-refractivity contribution in [2.75, 3.05) is 19.6 Å². The number of fused-ring (bicyclic) bond motifs is 5. The van der Waals surface area contributed by atoms with E-state index >= 15 is 0 Å². The predicted octanol–water partition coefficient (Wildman–Crippen LogP) is 4.65. The van der Waals surface area contributed by atoms with E-state index in [2.05, 4.69) is 18.0 Å². The van der Waals surface area contributed by atoms with Crippen LogP contribution in [0.1, 0.15) is 49.4 Å². The zero-order chi connectivity index (χ0) is 21.8. The molecule has 0 spiro atoms. The number of aromatic nitrogens is 1. The van der Waals surface area contributed by atoms with Crippen molar-refractivity contribution in [1.82, 2.24) is 14.8 Å². The third-order valence-electron chi connectivity index (χ3n) is 6.88. The molecule has 2 aliphatic heterocycles. The van der Waals surface area contributed by atoms with E-state index in [1.165, 1.54) is 0 Å². The highest BCUT2D eigenvalue weighted by Crippen LogP contribution is 2.49. The maximum Gasteiger partial charge on any atom is 0.254 e. The Labute approximate surface area is 187 Å². The lowest BCUT2D eigenvalue weighted by atomic mass is 9.76. The van der Waals surface area contributed by atoms with Crippen molar-refractivity contribution in [2.45, 2.75) is 38.1 Å². The summed E-state index contributed by atoms with van der Waals surface area (Å²) in [7, 11) is 0. The fourth-order valence-corrected chi connectivity index (χ4v) is 5.51. The summed E-state index contributed by atoms with van der Waals surface area (Å²) in [5.41, 5.74) is 2.78. The van der Waals surface area contributed by atoms with Crippen molar-refractivity contribution in [2.24, 2.45) is 0 Å². The van der Waals surface area contributed by atoms with Gasteiger partial charge in [-0.2, -0.15) is 0 Å². The van der Waals surface area contributed by atoms with Crippen molar-refractivity contribution in [3.05, 3.63) is 70.4 Å². The second-order valence-electron chi connectivity index (χ2n) is 8.69. The maximum absolute atomic E-state index is 13.8. The molecule has 2 aromatic carbocycles. The molecule has 3 heterocycles. The molecule has 1 saturated heterocycles. The lowest BCUT2D eigenvalue weighted by Gasteiger charge is -2.51. The van der Waals surface area contributed by atoms with Crippen molar-refractivity contribution < 1.29 is 9.59 Å². The molecule has 5 nitrogen and oxygen atoms in total. The van der Waals surface area contributed by atoms with Crippen molar-refractivity contribution in [3.8, 4) is 0 Å². The van der Waals surface area contributed by atoms with Gasteiger partial charge in [-0.1, -0.05) is 61.3 Å². The van der Waals surface area contributed by atoms with Crippen LogP contribution in [-0.4, -0.2) is 46.2 Å². The van der Waals surface area contributed by atoms with E-state index in [0.29, 0.717) is 18.1 Å². The molecule has 2 atom stereocenters. The number of para-hydroxylation sites is 1. The van der Waals surface area contributed by atoms with Crippen LogP contribution in [0.2, 0.25) is 5.02 Å². The lowest BCUT2D eigenvalue weighted by molar-refractivity contribution is -0.166. The average Bonchev–Trinajstić information content (AvgIpc) is 3.17. The van der Waals surface area contributed by atoms with Crippen LogP contribution in [0.25, 0.3) is 10.9 Å². The SMILES string of the molecule is CCCCN1CC(=O)N2CC(c3ccccc3Cl)c3c([nH]c4ccccc34)[C@@]2(C)C1=O. The number of amides is 2. The largest absolute Gasteiger partial charge is 0.356 e. The number of benzene rings is 2. The molecular formula is C25H26ClN3O2. The normalized spacial score (nSPS) is 23.3. The Bertz CT molecular complexity index is 1190. The van der Waals surface area contributed by atoms with Gasteiger partial charge < -0.3 is 14.8 Å². The molecule has 1 aromatic heterocycles. The van der Waals surface area contributed by atoms with Gasteiger partial charge in [-0.3, -0.25) is 9.59 Å². The van der Waals surface area contributed by atoms with Crippen LogP contribution in [-0.2, 0) is 15.1 Å². The van der Waals surface area contributed by atoms with E-state index in [9.17, 15) is 9.59 Å². The Morgan fingerprint density at radius 2 is 1.87 bits per heavy atom. The van der Waals surface area contributed by atoms with Gasteiger partial charge in [0.1, 0.15) is 0 Å². The molecular weight excluding hydrogens is 410 g/mol. The number of carbonyl (C=O) groups excluding carboxylic acids is 2. The lowest BCUT2D eigenvalue weighted by Crippen LogP contribution is -2.67. The summed E-state index contributed by atoms with van der Waals surface area (Å²) in [6.07, 6.45) is 1.86. The van der Waals surface area contributed by atoms with E-state index in [1.54, 1.807) is 9.80 Å². The van der Waals surface area contributed by atoms with Crippen molar-refractivity contribution in [1.29, 1.82) is 0 Å². The Hall–Kier alpha value is -2.79. The molecule has 0 saturated carbocycles. The van der Waals surface area contributed by atoms with Crippen LogP contribution in [0.15, 0.2) is 48.5 Å². The van der Waals surface area contributed by atoms with Crippen LogP contribution < -0.4 is 0 Å². The van der Waals surface area contributed by atoms with Crippen LogP contribution in [0.5, 0.6) is 0 Å². The Morgan fingerprint density at radius 3 is 2.65 bits per heavy atom. The average molecular weight is 436 g/mol. The number of hydrogen-bond donors (Lipinski definition) is 1. The summed E-state index contributed by atoms with van der Waals surface area (Å²) in [6.45, 7) is 5.16. The van der Waals surface area contributed by atoms with Gasteiger partial charge in [0.15, 0.2) is 5.54 Å². The molecule has 5 rings (SSSR count). The maximum atomic E-state index is 13.8. The van der Waals surface area contributed by atoms with Crippen molar-refractivity contribution >= 4 is 34.3 Å². The first-order chi connectivity index (χ1) is 15.0. The number of carbonyl (C=O) groups is 2. The Kier molecular flexibility index (Phi) is 4.82. The first kappa shape index (κ1) is 20.1. The number of piperazine rings is 1. The summed E-state index contributed by atoms with van der Waals surface area (Å²) >= 11 is 6.61. The van der Waals surface area contributed by atoms with E-state index in [1.807, 2.05) is 49.4 Å². The molecule has 0 bridgehead atoms. The third-order valence-corrected chi connectivity index (χ3v) is 7.22. The highest BCUT2D eigenvalue weighted by Gasteiger charge is 2.56. The fourth-order valence-electron chi connectivity index (χ4n) is 5.24. The number of H-pyrrole nitrogens is 1. The van der Waals surface area contributed by atoms with Gasteiger partial charge in [0.25, 0.3) is 5.91 Å². The standard InChI is InChI=1S/C25H26ClN3O2/c1-3-4-13-28-15-21(30)29-14-18(16-9-5-7-11-19(16)26)22-17-10-6-8-12-20(17)27-23(22)25(29,2)24(28)31/h5-12,18,27H,3-4,13-15H2,1-2H3/t18?,25-/m0/s1. The highest BCUT2D eigenvalue weighted by atomic mass is 35.5. The van der Waals surface area contributed by atoms with Gasteiger partial charge >= 0.3 is 0 Å². The van der Waals surface area contributed by atoms with Gasteiger partial charge in [0, 0.05) is 34.9 Å². The zero-order valence-electron chi connectivity index (χ0n) is 17.8. The molecule has 1 N–H and O–H groups in total. The van der Waals surface area contributed by atoms with Gasteiger partial charge in [-0.25, -0.2) is 0 Å². The minimum absolute atomic E-state index is 0.00837. The van der Waals surface area contributed by atoms with Gasteiger partial charge in [-0.05, 0) is 36.6 Å². The fraction of sp³-hybridized carbons (Fsp3) is 0.360. The number of unbranched alkanes of at least 4 members (excludes halogenated alkanes) is 1. The summed E-state index contributed by atoms with van der Waals surface area (Å²) in [5.74, 6) is -0.127. The van der Waals surface area contributed by atoms with Gasteiger partial charge in [-0.15, -0.1) is 0 Å². The summed E-state index contributed by atoms with van der Waals surface area (Å²) in [5, 5.41) is 1.75. The molecule has 3 aromatic rings. The van der Waals surface area contributed by atoms with Crippen LogP contribution in [0.3, 0.4) is 0 Å². The predicted molar refractivity (Wildman–Crippen MR) is 122 cm³/mol. The molecule has 2 amide bonds. The number of nitrogens with one attached hydrogen (secondary N) is 1. The van der Waals surface area contributed by atoms with Crippen molar-refractivity contribution in [3.63, 3.8) is 0 Å². The van der Waals surface area contributed by atoms with E-state index in [0.717, 1.165) is 40.6 Å². The van der Waals surface area contributed by atoms with Crippen LogP contribution in [0.4, 0.5) is 0 Å². The molecule has 2 aliphatic rings. The van der Waals surface area contributed by atoms with Crippen LogP contribution >= 0.6 is 11.6 Å². The molecule has 0 aliphatic carbocycles. The smallest absolute Gasteiger partial charge is 0.254 e. The van der Waals surface area contributed by atoms with Gasteiger partial charge in [0.05, 0.1) is 12.2 Å². The van der Waals surface area contributed by atoms with E-state index < -0.39 is 5.54 Å². The monoisotopic (exact) mass is 435 g/mol. The summed E-state index contributed by atoms with van der Waals surface area (Å²) in [6, 6.07) is 15.9. The topological polar surface area (TPSA) is 56.4 Å². The molecule has 0 radical (unpaired) electrons. The zero-order valence-corrected chi connectivity index (χ0v) is 18.6. The molecule has 6 heteroatoms. The Morgan fingerprint density at radius 1 is 1.13 bits per heavy atom. The number of rotatable bonds is 4. The third kappa shape index (κ3) is 2.90. The quantitative estimate of drug-likeness (QED) is 0.648. The van der Waals surface area contributed by atoms with E-state index in [4.69, 9.17) is 11.6 Å². The molecule has 1 unspecified atom stereocenters. The first-order valence-corrected chi connectivity index (χ1v) is 11.3.